The Kier molecular flexibility index (Phi) is 8.94. The number of ether oxygens (including phenoxy) is 2. The summed E-state index contributed by atoms with van der Waals surface area (Å²) in [5.41, 5.74) is 1.43. The number of rotatable bonds is 9. The van der Waals surface area contributed by atoms with Crippen molar-refractivity contribution in [2.24, 2.45) is 5.92 Å². The molecule has 0 aliphatic carbocycles. The maximum atomic E-state index is 13.5. The summed E-state index contributed by atoms with van der Waals surface area (Å²) in [5.74, 6) is -3.03. The van der Waals surface area contributed by atoms with Gasteiger partial charge in [-0.25, -0.2) is 9.59 Å². The molecule has 10 heteroatoms. The number of esters is 2. The van der Waals surface area contributed by atoms with E-state index >= 15 is 0 Å². The fourth-order valence-electron chi connectivity index (χ4n) is 3.87. The van der Waals surface area contributed by atoms with Crippen LogP contribution in [0.4, 0.5) is 5.69 Å². The first kappa shape index (κ1) is 26.6. The first-order chi connectivity index (χ1) is 16.0. The highest BCUT2D eigenvalue weighted by Crippen LogP contribution is 2.39. The lowest BCUT2D eigenvalue weighted by Crippen LogP contribution is -2.47. The molecule has 10 nitrogen and oxygen atoms in total. The van der Waals surface area contributed by atoms with Gasteiger partial charge in [0.25, 0.3) is 11.6 Å². The van der Waals surface area contributed by atoms with E-state index in [9.17, 15) is 24.5 Å². The second kappa shape index (κ2) is 11.4. The van der Waals surface area contributed by atoms with Crippen molar-refractivity contribution in [1.29, 1.82) is 0 Å². The Balaban J connectivity index is 2.63. The third-order valence-electron chi connectivity index (χ3n) is 5.41. The number of carbonyl (C=O) groups is 3. The highest BCUT2D eigenvalue weighted by molar-refractivity contribution is 6.03. The molecule has 0 spiro atoms. The number of amides is 1. The monoisotopic (exact) mass is 473 g/mol. The Morgan fingerprint density at radius 3 is 2.26 bits per heavy atom. The van der Waals surface area contributed by atoms with Crippen LogP contribution < -0.4 is 10.6 Å². The molecule has 1 amide bonds. The molecule has 0 radical (unpaired) electrons. The van der Waals surface area contributed by atoms with Crippen LogP contribution in [0.3, 0.4) is 0 Å². The Morgan fingerprint density at radius 2 is 1.71 bits per heavy atom. The van der Waals surface area contributed by atoms with Gasteiger partial charge in [-0.05, 0) is 39.2 Å². The van der Waals surface area contributed by atoms with Crippen LogP contribution in [0.1, 0.15) is 53.0 Å². The molecule has 1 heterocycles. The standard InChI is InChI=1S/C24H31N3O7/c1-7-33-23(29)19-15(6)25-14(5)18(20(19)16-10-9-11-17(12-16)27(31)32)22(28)26-21(13(3)4)24(30)34-8-2/h9-13,20-21,25H,7-8H2,1-6H3,(H,26,28)/t20-,21+/m1/s1. The van der Waals surface area contributed by atoms with E-state index in [4.69, 9.17) is 9.47 Å². The van der Waals surface area contributed by atoms with Crippen LogP contribution >= 0.6 is 0 Å². The van der Waals surface area contributed by atoms with Crippen LogP contribution in [0.15, 0.2) is 46.8 Å². The molecule has 184 valence electrons. The van der Waals surface area contributed by atoms with Crippen molar-refractivity contribution in [1.82, 2.24) is 10.6 Å². The topological polar surface area (TPSA) is 137 Å². The second-order valence-electron chi connectivity index (χ2n) is 8.16. The number of allylic oxidation sites excluding steroid dienone is 2. The summed E-state index contributed by atoms with van der Waals surface area (Å²) in [6.07, 6.45) is 0. The lowest BCUT2D eigenvalue weighted by atomic mass is 9.79. The SMILES string of the molecule is CCOC(=O)C1=C(C)NC(C)=C(C(=O)N[C@H](C(=O)OCC)C(C)C)[C@H]1c1cccc([N+](=O)[O-])c1. The van der Waals surface area contributed by atoms with Gasteiger partial charge in [0.2, 0.25) is 0 Å². The Morgan fingerprint density at radius 1 is 1.09 bits per heavy atom. The summed E-state index contributed by atoms with van der Waals surface area (Å²) in [5, 5.41) is 17.2. The van der Waals surface area contributed by atoms with Gasteiger partial charge in [0.15, 0.2) is 0 Å². The Labute approximate surface area is 198 Å². The van der Waals surface area contributed by atoms with Crippen molar-refractivity contribution < 1.29 is 28.8 Å². The first-order valence-electron chi connectivity index (χ1n) is 11.1. The van der Waals surface area contributed by atoms with E-state index in [1.807, 2.05) is 0 Å². The number of carbonyl (C=O) groups excluding carboxylic acids is 3. The molecule has 34 heavy (non-hydrogen) atoms. The van der Waals surface area contributed by atoms with Crippen LogP contribution in [0.5, 0.6) is 0 Å². The van der Waals surface area contributed by atoms with Crippen LogP contribution in [-0.2, 0) is 23.9 Å². The Hall–Kier alpha value is -3.69. The number of benzene rings is 1. The maximum absolute atomic E-state index is 13.5. The fraction of sp³-hybridized carbons (Fsp3) is 0.458. The molecule has 2 N–H and O–H groups in total. The largest absolute Gasteiger partial charge is 0.464 e. The molecule has 0 bridgehead atoms. The molecular weight excluding hydrogens is 442 g/mol. The number of hydrogen-bond donors (Lipinski definition) is 2. The average molecular weight is 474 g/mol. The van der Waals surface area contributed by atoms with Gasteiger partial charge >= 0.3 is 11.9 Å². The summed E-state index contributed by atoms with van der Waals surface area (Å²) in [6.45, 7) is 10.5. The van der Waals surface area contributed by atoms with Gasteiger partial charge in [-0.15, -0.1) is 0 Å². The molecule has 1 aliphatic heterocycles. The van der Waals surface area contributed by atoms with Crippen molar-refractivity contribution in [2.75, 3.05) is 13.2 Å². The van der Waals surface area contributed by atoms with E-state index < -0.39 is 34.7 Å². The molecule has 0 saturated heterocycles. The van der Waals surface area contributed by atoms with Crippen molar-refractivity contribution in [3.63, 3.8) is 0 Å². The van der Waals surface area contributed by atoms with Crippen LogP contribution in [0.25, 0.3) is 0 Å². The minimum atomic E-state index is -0.949. The van der Waals surface area contributed by atoms with E-state index in [0.717, 1.165) is 0 Å². The predicted molar refractivity (Wildman–Crippen MR) is 124 cm³/mol. The third kappa shape index (κ3) is 5.81. The van der Waals surface area contributed by atoms with E-state index in [1.165, 1.54) is 18.2 Å². The summed E-state index contributed by atoms with van der Waals surface area (Å²) >= 11 is 0. The minimum Gasteiger partial charge on any atom is -0.464 e. The molecular formula is C24H31N3O7. The van der Waals surface area contributed by atoms with Gasteiger partial charge in [-0.2, -0.15) is 0 Å². The summed E-state index contributed by atoms with van der Waals surface area (Å²) in [7, 11) is 0. The quantitative estimate of drug-likeness (QED) is 0.317. The number of nitro groups is 1. The zero-order valence-corrected chi connectivity index (χ0v) is 20.3. The molecule has 0 saturated carbocycles. The van der Waals surface area contributed by atoms with E-state index in [1.54, 1.807) is 47.6 Å². The number of nitro benzene ring substituents is 1. The van der Waals surface area contributed by atoms with Gasteiger partial charge in [0.05, 0.1) is 29.6 Å². The normalized spacial score (nSPS) is 16.6. The van der Waals surface area contributed by atoms with E-state index in [2.05, 4.69) is 10.6 Å². The molecule has 0 unspecified atom stereocenters. The van der Waals surface area contributed by atoms with Crippen molar-refractivity contribution in [3.8, 4) is 0 Å². The predicted octanol–water partition coefficient (Wildman–Crippen LogP) is 3.10. The van der Waals surface area contributed by atoms with Crippen LogP contribution in [0, 0.1) is 16.0 Å². The molecule has 0 aromatic heterocycles. The van der Waals surface area contributed by atoms with Crippen molar-refractivity contribution in [3.05, 3.63) is 62.5 Å². The van der Waals surface area contributed by atoms with E-state index in [-0.39, 0.29) is 36.0 Å². The number of dihydropyridines is 1. The molecule has 2 rings (SSSR count). The molecule has 1 aromatic rings. The van der Waals surface area contributed by atoms with Gasteiger partial charge in [0.1, 0.15) is 6.04 Å². The smallest absolute Gasteiger partial charge is 0.336 e. The summed E-state index contributed by atoms with van der Waals surface area (Å²) in [4.78, 5) is 49.8. The highest BCUT2D eigenvalue weighted by Gasteiger charge is 2.39. The van der Waals surface area contributed by atoms with Crippen molar-refractivity contribution >= 4 is 23.5 Å². The molecule has 2 atom stereocenters. The second-order valence-corrected chi connectivity index (χ2v) is 8.16. The number of non-ortho nitro benzene ring substituents is 1. The Bertz CT molecular complexity index is 1040. The zero-order chi connectivity index (χ0) is 25.6. The third-order valence-corrected chi connectivity index (χ3v) is 5.41. The van der Waals surface area contributed by atoms with Crippen molar-refractivity contribution in [2.45, 2.75) is 53.5 Å². The highest BCUT2D eigenvalue weighted by atomic mass is 16.6. The number of nitrogens with zero attached hydrogens (tertiary/aromatic N) is 1. The van der Waals surface area contributed by atoms with E-state index in [0.29, 0.717) is 17.0 Å². The van der Waals surface area contributed by atoms with Crippen LogP contribution in [-0.4, -0.2) is 42.0 Å². The fourth-order valence-corrected chi connectivity index (χ4v) is 3.87. The van der Waals surface area contributed by atoms with Gasteiger partial charge in [0, 0.05) is 29.1 Å². The minimum absolute atomic E-state index is 0.111. The number of nitrogens with one attached hydrogen (secondary N) is 2. The zero-order valence-electron chi connectivity index (χ0n) is 20.3. The van der Waals surface area contributed by atoms with Crippen LogP contribution in [0.2, 0.25) is 0 Å². The van der Waals surface area contributed by atoms with Gasteiger partial charge < -0.3 is 20.1 Å². The molecule has 1 aromatic carbocycles. The molecule has 0 fully saturated rings. The van der Waals surface area contributed by atoms with Gasteiger partial charge in [-0.3, -0.25) is 14.9 Å². The first-order valence-corrected chi connectivity index (χ1v) is 11.1. The summed E-state index contributed by atoms with van der Waals surface area (Å²) in [6, 6.07) is 4.84. The number of hydrogen-bond acceptors (Lipinski definition) is 8. The lowest BCUT2D eigenvalue weighted by molar-refractivity contribution is -0.384. The van der Waals surface area contributed by atoms with Gasteiger partial charge in [-0.1, -0.05) is 26.0 Å². The average Bonchev–Trinajstić information content (AvgIpc) is 2.76. The lowest BCUT2D eigenvalue weighted by Gasteiger charge is -2.32. The molecule has 1 aliphatic rings. The summed E-state index contributed by atoms with van der Waals surface area (Å²) < 4.78 is 10.3. The maximum Gasteiger partial charge on any atom is 0.336 e.